The highest BCUT2D eigenvalue weighted by Crippen LogP contribution is 2.24. The second-order valence-corrected chi connectivity index (χ2v) is 6.49. The lowest BCUT2D eigenvalue weighted by molar-refractivity contribution is 0.148. The van der Waals surface area contributed by atoms with Crippen LogP contribution in [0.2, 0.25) is 0 Å². The Kier molecular flexibility index (Phi) is 6.78. The van der Waals surface area contributed by atoms with Gasteiger partial charge in [-0.2, -0.15) is 4.98 Å². The molecule has 0 spiro atoms. The van der Waals surface area contributed by atoms with E-state index >= 15 is 0 Å². The molecule has 1 aliphatic rings. The van der Waals surface area contributed by atoms with Crippen LogP contribution in [0.15, 0.2) is 28.8 Å². The molecule has 1 aromatic heterocycles. The lowest BCUT2D eigenvalue weighted by Gasteiger charge is -2.35. The van der Waals surface area contributed by atoms with Gasteiger partial charge in [-0.05, 0) is 17.5 Å². The molecular weight excluding hydrogens is 324 g/mol. The third-order valence-corrected chi connectivity index (χ3v) is 4.45. The van der Waals surface area contributed by atoms with E-state index in [4.69, 9.17) is 4.52 Å². The summed E-state index contributed by atoms with van der Waals surface area (Å²) in [7, 11) is 0. The van der Waals surface area contributed by atoms with Crippen LogP contribution in [0, 0.1) is 0 Å². The van der Waals surface area contributed by atoms with E-state index in [0.717, 1.165) is 44.3 Å². The number of nitrogens with one attached hydrogen (secondary N) is 1. The first-order valence-electron chi connectivity index (χ1n) is 8.53. The fourth-order valence-electron chi connectivity index (χ4n) is 2.99. The maximum Gasteiger partial charge on any atom is 0.229 e. The van der Waals surface area contributed by atoms with Crippen LogP contribution < -0.4 is 5.32 Å². The monoisotopic (exact) mass is 350 g/mol. The molecule has 0 amide bonds. The van der Waals surface area contributed by atoms with Gasteiger partial charge in [0.2, 0.25) is 5.89 Å². The number of piperazine rings is 1. The van der Waals surface area contributed by atoms with Gasteiger partial charge in [-0.15, -0.1) is 12.4 Å². The summed E-state index contributed by atoms with van der Waals surface area (Å²) in [6.07, 6.45) is 1.08. The van der Waals surface area contributed by atoms with Crippen molar-refractivity contribution in [3.8, 4) is 0 Å². The Labute approximate surface area is 150 Å². The number of halogens is 1. The van der Waals surface area contributed by atoms with E-state index in [2.05, 4.69) is 65.4 Å². The number of hydrogen-bond donors (Lipinski definition) is 1. The second kappa shape index (κ2) is 8.60. The first-order chi connectivity index (χ1) is 11.2. The summed E-state index contributed by atoms with van der Waals surface area (Å²) in [4.78, 5) is 6.96. The highest BCUT2D eigenvalue weighted by molar-refractivity contribution is 5.85. The number of rotatable bonds is 5. The van der Waals surface area contributed by atoms with E-state index < -0.39 is 0 Å². The fourth-order valence-corrected chi connectivity index (χ4v) is 2.99. The van der Waals surface area contributed by atoms with E-state index in [1.54, 1.807) is 0 Å². The Morgan fingerprint density at radius 1 is 1.29 bits per heavy atom. The van der Waals surface area contributed by atoms with Crippen LogP contribution in [0.4, 0.5) is 0 Å². The number of nitrogens with zero attached hydrogens (tertiary/aromatic N) is 3. The average molecular weight is 351 g/mol. The molecule has 2 heterocycles. The summed E-state index contributed by atoms with van der Waals surface area (Å²) >= 11 is 0. The number of benzene rings is 1. The molecule has 1 atom stereocenters. The van der Waals surface area contributed by atoms with E-state index in [1.807, 2.05) is 0 Å². The van der Waals surface area contributed by atoms with Gasteiger partial charge in [-0.25, -0.2) is 0 Å². The van der Waals surface area contributed by atoms with Gasteiger partial charge in [0.15, 0.2) is 5.82 Å². The lowest BCUT2D eigenvalue weighted by atomic mass is 10.0. The Hall–Kier alpha value is -1.43. The summed E-state index contributed by atoms with van der Waals surface area (Å²) < 4.78 is 5.34. The summed E-state index contributed by atoms with van der Waals surface area (Å²) in [5.74, 6) is 1.78. The van der Waals surface area contributed by atoms with Gasteiger partial charge >= 0.3 is 0 Å². The minimum Gasteiger partial charge on any atom is -0.339 e. The third kappa shape index (κ3) is 4.35. The van der Waals surface area contributed by atoms with Gasteiger partial charge in [-0.1, -0.05) is 50.2 Å². The van der Waals surface area contributed by atoms with Crippen molar-refractivity contribution in [2.24, 2.45) is 0 Å². The van der Waals surface area contributed by atoms with Gasteiger partial charge in [0.1, 0.15) is 0 Å². The highest BCUT2D eigenvalue weighted by atomic mass is 35.5. The molecule has 3 rings (SSSR count). The van der Waals surface area contributed by atoms with Crippen molar-refractivity contribution >= 4 is 12.4 Å². The maximum atomic E-state index is 5.34. The summed E-state index contributed by atoms with van der Waals surface area (Å²) in [5, 5.41) is 7.63. The summed E-state index contributed by atoms with van der Waals surface area (Å²) in [6.45, 7) is 10.0. The van der Waals surface area contributed by atoms with Crippen molar-refractivity contribution in [3.63, 3.8) is 0 Å². The maximum absolute atomic E-state index is 5.34. The topological polar surface area (TPSA) is 54.2 Å². The van der Waals surface area contributed by atoms with Crippen LogP contribution in [-0.4, -0.2) is 34.7 Å². The molecule has 1 fully saturated rings. The molecule has 0 saturated carbocycles. The van der Waals surface area contributed by atoms with Gasteiger partial charge in [0.05, 0.1) is 6.54 Å². The van der Waals surface area contributed by atoms with Crippen molar-refractivity contribution in [1.29, 1.82) is 0 Å². The van der Waals surface area contributed by atoms with Crippen molar-refractivity contribution in [1.82, 2.24) is 20.4 Å². The van der Waals surface area contributed by atoms with Crippen molar-refractivity contribution in [3.05, 3.63) is 47.1 Å². The fraction of sp³-hybridized carbons (Fsp3) is 0.556. The van der Waals surface area contributed by atoms with Crippen LogP contribution in [0.5, 0.6) is 0 Å². The van der Waals surface area contributed by atoms with Crippen LogP contribution in [0.3, 0.4) is 0 Å². The average Bonchev–Trinajstić information content (AvgIpc) is 3.04. The molecule has 1 unspecified atom stereocenters. The molecule has 1 N–H and O–H groups in total. The van der Waals surface area contributed by atoms with Gasteiger partial charge in [0.25, 0.3) is 0 Å². The number of aryl methyl sites for hydroxylation is 1. The number of aromatic nitrogens is 2. The molecule has 1 saturated heterocycles. The highest BCUT2D eigenvalue weighted by Gasteiger charge is 2.25. The minimum absolute atomic E-state index is 0. The predicted molar refractivity (Wildman–Crippen MR) is 97.5 cm³/mol. The molecular formula is C18H27ClN4O. The first-order valence-corrected chi connectivity index (χ1v) is 8.53. The van der Waals surface area contributed by atoms with Crippen LogP contribution >= 0.6 is 12.4 Å². The van der Waals surface area contributed by atoms with Gasteiger partial charge in [-0.3, -0.25) is 4.90 Å². The Morgan fingerprint density at radius 2 is 2.04 bits per heavy atom. The summed E-state index contributed by atoms with van der Waals surface area (Å²) in [5.41, 5.74) is 2.73. The molecule has 132 valence electrons. The van der Waals surface area contributed by atoms with Gasteiger partial charge in [0, 0.05) is 31.6 Å². The van der Waals surface area contributed by atoms with Crippen LogP contribution in [0.1, 0.15) is 55.6 Å². The molecule has 1 aromatic carbocycles. The zero-order valence-electron chi connectivity index (χ0n) is 14.7. The van der Waals surface area contributed by atoms with Crippen LogP contribution in [0.25, 0.3) is 0 Å². The predicted octanol–water partition coefficient (Wildman–Crippen LogP) is 3.32. The van der Waals surface area contributed by atoms with Gasteiger partial charge < -0.3 is 9.84 Å². The molecule has 6 heteroatoms. The third-order valence-electron chi connectivity index (χ3n) is 4.45. The van der Waals surface area contributed by atoms with Crippen molar-refractivity contribution in [2.45, 2.75) is 45.7 Å². The molecule has 0 aliphatic carbocycles. The zero-order chi connectivity index (χ0) is 16.2. The van der Waals surface area contributed by atoms with E-state index in [1.165, 1.54) is 11.1 Å². The Morgan fingerprint density at radius 3 is 2.67 bits per heavy atom. The lowest BCUT2D eigenvalue weighted by Crippen LogP contribution is -2.45. The van der Waals surface area contributed by atoms with E-state index in [-0.39, 0.29) is 18.3 Å². The van der Waals surface area contributed by atoms with Crippen molar-refractivity contribution in [2.75, 3.05) is 19.6 Å². The normalized spacial score (nSPS) is 18.6. The minimum atomic E-state index is 0. The van der Waals surface area contributed by atoms with E-state index in [9.17, 15) is 0 Å². The molecule has 0 bridgehead atoms. The molecule has 0 radical (unpaired) electrons. The molecule has 5 nitrogen and oxygen atoms in total. The van der Waals surface area contributed by atoms with Crippen LogP contribution in [-0.2, 0) is 13.0 Å². The number of hydrogen-bond acceptors (Lipinski definition) is 5. The smallest absolute Gasteiger partial charge is 0.229 e. The van der Waals surface area contributed by atoms with Crippen molar-refractivity contribution < 1.29 is 4.52 Å². The first kappa shape index (κ1) is 18.9. The SMILES string of the molecule is CCc1ccc(C2CNCCN2Cc2noc(C(C)C)n2)cc1.Cl. The Bertz CT molecular complexity index is 626. The molecule has 24 heavy (non-hydrogen) atoms. The quantitative estimate of drug-likeness (QED) is 0.896. The summed E-state index contributed by atoms with van der Waals surface area (Å²) in [6, 6.07) is 9.31. The Balaban J connectivity index is 0.00000208. The molecule has 1 aliphatic heterocycles. The standard InChI is InChI=1S/C18H26N4O.ClH/c1-4-14-5-7-15(8-6-14)16-11-19-9-10-22(16)12-17-20-18(13(2)3)23-21-17;/h5-8,13,16,19H,4,9-12H2,1-3H3;1H. The van der Waals surface area contributed by atoms with E-state index in [0.29, 0.717) is 6.04 Å². The second-order valence-electron chi connectivity index (χ2n) is 6.49. The molecule has 2 aromatic rings. The zero-order valence-corrected chi connectivity index (χ0v) is 15.5. The largest absolute Gasteiger partial charge is 0.339 e.